The van der Waals surface area contributed by atoms with Crippen LogP contribution in [0.25, 0.3) is 10.9 Å². The molecule has 1 N–H and O–H groups in total. The van der Waals surface area contributed by atoms with Crippen LogP contribution in [0.4, 0.5) is 0 Å². The number of carbonyl (C=O) groups is 2. The van der Waals surface area contributed by atoms with E-state index in [1.54, 1.807) is 22.8 Å². The van der Waals surface area contributed by atoms with Crippen LogP contribution in [0.15, 0.2) is 76.7 Å². The van der Waals surface area contributed by atoms with E-state index in [9.17, 15) is 14.4 Å². The number of amides is 1. The Hall–Kier alpha value is -3.71. The quantitative estimate of drug-likeness (QED) is 0.169. The molecule has 4 aromatic rings. The number of hydrogen-bond acceptors (Lipinski definition) is 5. The zero-order valence-corrected chi connectivity index (χ0v) is 23.3. The second-order valence-electron chi connectivity index (χ2n) is 10.0. The Balaban J connectivity index is 1.74. The highest BCUT2D eigenvalue weighted by Gasteiger charge is 2.22. The molecule has 3 aromatic carbocycles. The van der Waals surface area contributed by atoms with Crippen molar-refractivity contribution in [3.05, 3.63) is 105 Å². The minimum Gasteiger partial charge on any atom is -0.352 e. The molecule has 6 nitrogen and oxygen atoms in total. The molecule has 4 rings (SSSR count). The molecule has 0 spiro atoms. The molecule has 38 heavy (non-hydrogen) atoms. The van der Waals surface area contributed by atoms with Gasteiger partial charge in [-0.1, -0.05) is 68.1 Å². The van der Waals surface area contributed by atoms with E-state index in [1.807, 2.05) is 83.1 Å². The number of aryl methyl sites for hydroxylation is 2. The molecule has 0 unspecified atom stereocenters. The van der Waals surface area contributed by atoms with Crippen molar-refractivity contribution < 1.29 is 9.59 Å². The second kappa shape index (κ2) is 11.8. The molecule has 7 heteroatoms. The van der Waals surface area contributed by atoms with E-state index in [1.165, 1.54) is 11.8 Å². The molecule has 196 valence electrons. The summed E-state index contributed by atoms with van der Waals surface area (Å²) in [6.45, 7) is 10.8. The molecular formula is C31H33N3O3S. The Labute approximate surface area is 227 Å². The van der Waals surface area contributed by atoms with Gasteiger partial charge in [-0.3, -0.25) is 19.0 Å². The number of fused-ring (bicyclic) bond motifs is 1. The minimum absolute atomic E-state index is 0.0273. The van der Waals surface area contributed by atoms with E-state index < -0.39 is 5.25 Å². The summed E-state index contributed by atoms with van der Waals surface area (Å²) >= 11 is 1.26. The van der Waals surface area contributed by atoms with Gasteiger partial charge in [-0.15, -0.1) is 0 Å². The summed E-state index contributed by atoms with van der Waals surface area (Å²) in [6, 6.07) is 20.4. The fourth-order valence-corrected chi connectivity index (χ4v) is 5.06. The molecule has 0 bridgehead atoms. The highest BCUT2D eigenvalue weighted by atomic mass is 32.2. The number of hydrogen-bond donors (Lipinski definition) is 1. The van der Waals surface area contributed by atoms with Crippen molar-refractivity contribution in [3.8, 4) is 0 Å². The smallest absolute Gasteiger partial charge is 0.262 e. The zero-order chi connectivity index (χ0) is 27.4. The second-order valence-corrected chi connectivity index (χ2v) is 11.3. The van der Waals surface area contributed by atoms with Gasteiger partial charge >= 0.3 is 0 Å². The Kier molecular flexibility index (Phi) is 8.47. The monoisotopic (exact) mass is 527 g/mol. The number of Topliss-reactive ketones (excluding diaryl/α,β-unsaturated/α-hetero) is 1. The third-order valence-corrected chi connectivity index (χ3v) is 7.57. The normalized spacial score (nSPS) is 12.1. The summed E-state index contributed by atoms with van der Waals surface area (Å²) in [5.41, 5.74) is 4.45. The zero-order valence-electron chi connectivity index (χ0n) is 22.4. The lowest BCUT2D eigenvalue weighted by Crippen LogP contribution is -2.28. The van der Waals surface area contributed by atoms with Crippen LogP contribution in [0.2, 0.25) is 0 Å². The van der Waals surface area contributed by atoms with Gasteiger partial charge in [0, 0.05) is 17.7 Å². The van der Waals surface area contributed by atoms with Gasteiger partial charge in [-0.05, 0) is 67.6 Å². The van der Waals surface area contributed by atoms with Crippen LogP contribution < -0.4 is 10.9 Å². The molecule has 0 saturated carbocycles. The summed E-state index contributed by atoms with van der Waals surface area (Å²) in [5.74, 6) is 0.0888. The van der Waals surface area contributed by atoms with Gasteiger partial charge in [0.15, 0.2) is 10.9 Å². The number of carbonyl (C=O) groups excluding carboxylic acids is 2. The molecule has 1 atom stereocenters. The predicted molar refractivity (Wildman–Crippen MR) is 154 cm³/mol. The van der Waals surface area contributed by atoms with E-state index in [0.717, 1.165) is 16.7 Å². The number of thioether (sulfide) groups is 1. The molecule has 0 aliphatic rings. The number of benzene rings is 3. The number of nitrogens with one attached hydrogen (secondary N) is 1. The van der Waals surface area contributed by atoms with Crippen LogP contribution in [0.1, 0.15) is 58.2 Å². The Morgan fingerprint density at radius 2 is 1.63 bits per heavy atom. The molecule has 0 aliphatic carbocycles. The topological polar surface area (TPSA) is 81.1 Å². The third-order valence-electron chi connectivity index (χ3n) is 6.48. The third kappa shape index (κ3) is 6.22. The lowest BCUT2D eigenvalue weighted by molar-refractivity contribution is 0.0948. The van der Waals surface area contributed by atoms with Gasteiger partial charge in [0.2, 0.25) is 0 Å². The van der Waals surface area contributed by atoms with Crippen LogP contribution in [0.3, 0.4) is 0 Å². The van der Waals surface area contributed by atoms with Crippen molar-refractivity contribution in [2.45, 2.75) is 51.6 Å². The van der Waals surface area contributed by atoms with Crippen molar-refractivity contribution >= 4 is 34.4 Å². The number of rotatable bonds is 9. The van der Waals surface area contributed by atoms with E-state index in [0.29, 0.717) is 46.2 Å². The van der Waals surface area contributed by atoms with Gasteiger partial charge in [0.1, 0.15) is 0 Å². The standard InChI is InChI=1S/C31H33N3O3S/c1-19(2)17-32-29(36)25-13-14-26-27(16-25)33-31(34(30(26)37)18-23-9-7-6-8-10-23)38-22(5)28(35)24-12-11-20(3)21(4)15-24/h6-16,19,22H,17-18H2,1-5H3,(H,32,36)/t22-/m0/s1. The Morgan fingerprint density at radius 3 is 2.32 bits per heavy atom. The Morgan fingerprint density at radius 1 is 0.921 bits per heavy atom. The Bertz CT molecular complexity index is 1540. The maximum Gasteiger partial charge on any atom is 0.262 e. The van der Waals surface area contributed by atoms with Gasteiger partial charge in [0.25, 0.3) is 11.5 Å². The predicted octanol–water partition coefficient (Wildman–Crippen LogP) is 5.81. The average Bonchev–Trinajstić information content (AvgIpc) is 2.90. The van der Waals surface area contributed by atoms with Gasteiger partial charge < -0.3 is 5.32 Å². The first-order valence-corrected chi connectivity index (χ1v) is 13.7. The molecule has 1 aromatic heterocycles. The van der Waals surface area contributed by atoms with E-state index >= 15 is 0 Å². The van der Waals surface area contributed by atoms with Crippen molar-refractivity contribution in [2.24, 2.45) is 5.92 Å². The van der Waals surface area contributed by atoms with Gasteiger partial charge in [0.05, 0.1) is 22.7 Å². The lowest BCUT2D eigenvalue weighted by Gasteiger charge is -2.17. The first-order valence-electron chi connectivity index (χ1n) is 12.8. The summed E-state index contributed by atoms with van der Waals surface area (Å²) < 4.78 is 1.62. The summed E-state index contributed by atoms with van der Waals surface area (Å²) in [7, 11) is 0. The minimum atomic E-state index is -0.471. The van der Waals surface area contributed by atoms with Crippen molar-refractivity contribution in [2.75, 3.05) is 6.54 Å². The largest absolute Gasteiger partial charge is 0.352 e. The van der Waals surface area contributed by atoms with Crippen molar-refractivity contribution in [1.82, 2.24) is 14.9 Å². The summed E-state index contributed by atoms with van der Waals surface area (Å²) in [4.78, 5) is 44.5. The first-order chi connectivity index (χ1) is 18.1. The molecule has 1 amide bonds. The van der Waals surface area contributed by atoms with Crippen molar-refractivity contribution in [3.63, 3.8) is 0 Å². The van der Waals surface area contributed by atoms with Gasteiger partial charge in [-0.2, -0.15) is 0 Å². The fourth-order valence-electron chi connectivity index (χ4n) is 4.08. The van der Waals surface area contributed by atoms with Crippen LogP contribution in [-0.2, 0) is 6.54 Å². The fraction of sp³-hybridized carbons (Fsp3) is 0.290. The van der Waals surface area contributed by atoms with Gasteiger partial charge in [-0.25, -0.2) is 4.98 Å². The van der Waals surface area contributed by atoms with E-state index in [2.05, 4.69) is 5.32 Å². The SMILES string of the molecule is Cc1ccc(C(=O)[C@H](C)Sc2nc3cc(C(=O)NCC(C)C)ccc3c(=O)n2Cc2ccccc2)cc1C. The summed E-state index contributed by atoms with van der Waals surface area (Å²) in [5, 5.41) is 3.31. The lowest BCUT2D eigenvalue weighted by atomic mass is 10.0. The van der Waals surface area contributed by atoms with Crippen LogP contribution in [-0.4, -0.2) is 33.0 Å². The maximum atomic E-state index is 13.7. The molecule has 0 fully saturated rings. The van der Waals surface area contributed by atoms with Crippen LogP contribution in [0.5, 0.6) is 0 Å². The molecular weight excluding hydrogens is 494 g/mol. The molecule has 0 aliphatic heterocycles. The summed E-state index contributed by atoms with van der Waals surface area (Å²) in [6.07, 6.45) is 0. The van der Waals surface area contributed by atoms with Crippen molar-refractivity contribution in [1.29, 1.82) is 0 Å². The van der Waals surface area contributed by atoms with Crippen LogP contribution in [0, 0.1) is 19.8 Å². The highest BCUT2D eigenvalue weighted by molar-refractivity contribution is 8.00. The van der Waals surface area contributed by atoms with Crippen LogP contribution >= 0.6 is 11.8 Å². The number of ketones is 1. The number of aromatic nitrogens is 2. The average molecular weight is 528 g/mol. The maximum absolute atomic E-state index is 13.7. The van der Waals surface area contributed by atoms with E-state index in [-0.39, 0.29) is 17.2 Å². The highest BCUT2D eigenvalue weighted by Crippen LogP contribution is 2.26. The first kappa shape index (κ1) is 27.3. The molecule has 1 heterocycles. The number of nitrogens with zero attached hydrogens (tertiary/aromatic N) is 2. The molecule has 0 radical (unpaired) electrons. The van der Waals surface area contributed by atoms with E-state index in [4.69, 9.17) is 4.98 Å². The molecule has 0 saturated heterocycles.